The van der Waals surface area contributed by atoms with Crippen molar-refractivity contribution in [1.29, 1.82) is 0 Å². The van der Waals surface area contributed by atoms with E-state index in [1.54, 1.807) is 6.92 Å². The van der Waals surface area contributed by atoms with Gasteiger partial charge in [0.2, 0.25) is 0 Å². The average molecular weight is 270 g/mol. The summed E-state index contributed by atoms with van der Waals surface area (Å²) >= 11 is 0. The molecule has 0 saturated heterocycles. The molecule has 0 aromatic carbocycles. The molecule has 0 bridgehead atoms. The molecule has 0 spiro atoms. The van der Waals surface area contributed by atoms with Gasteiger partial charge in [-0.3, -0.25) is 0 Å². The van der Waals surface area contributed by atoms with Crippen LogP contribution in [0.3, 0.4) is 0 Å². The van der Waals surface area contributed by atoms with Crippen LogP contribution in [0.25, 0.3) is 0 Å². The van der Waals surface area contributed by atoms with Crippen molar-refractivity contribution in [3.63, 3.8) is 0 Å². The summed E-state index contributed by atoms with van der Waals surface area (Å²) in [7, 11) is 0. The van der Waals surface area contributed by atoms with E-state index in [0.717, 1.165) is 0 Å². The van der Waals surface area contributed by atoms with E-state index in [1.165, 1.54) is 5.92 Å². The summed E-state index contributed by atoms with van der Waals surface area (Å²) in [6.45, 7) is 3.72. The molecule has 2 heteroatoms. The third-order valence-corrected chi connectivity index (χ3v) is 2.41. The Kier molecular flexibility index (Phi) is 10.3. The van der Waals surface area contributed by atoms with Crippen molar-refractivity contribution in [2.75, 3.05) is 0 Å². The zero-order valence-corrected chi connectivity index (χ0v) is 11.3. The smallest absolute Gasteiger partial charge is 0.300 e. The maximum atomic E-state index is 10.7. The van der Waals surface area contributed by atoms with Crippen molar-refractivity contribution in [2.45, 2.75) is 20.3 Å². The first kappa shape index (κ1) is 17.2. The topological polar surface area (TPSA) is 17.1 Å². The fourth-order valence-corrected chi connectivity index (χ4v) is 1.59. The second kappa shape index (κ2) is 10.1. The van der Waals surface area contributed by atoms with E-state index in [-0.39, 0.29) is 22.9 Å². The van der Waals surface area contributed by atoms with Crippen LogP contribution in [0.15, 0.2) is 0 Å². The summed E-state index contributed by atoms with van der Waals surface area (Å²) in [5, 5.41) is 0. The molecule has 0 amide bonds. The zero-order valence-electron chi connectivity index (χ0n) is 10.2. The number of ketones is 1. The number of rotatable bonds is 3. The van der Waals surface area contributed by atoms with Gasteiger partial charge in [-0.1, -0.05) is 6.92 Å². The van der Waals surface area contributed by atoms with Crippen LogP contribution in [-0.4, -0.2) is 5.78 Å². The van der Waals surface area contributed by atoms with Gasteiger partial charge in [0, 0.05) is 6.42 Å². The van der Waals surface area contributed by atoms with Gasteiger partial charge in [-0.2, -0.15) is 0 Å². The quantitative estimate of drug-likeness (QED) is 0.720. The molecule has 1 atom stereocenters. The summed E-state index contributed by atoms with van der Waals surface area (Å²) in [5.74, 6) is 1.90. The first-order valence-electron chi connectivity index (χ1n) is 5.58. The largest absolute Gasteiger partial charge is 2.00 e. The number of hydrogen-bond acceptors (Lipinski definition) is 1. The molecule has 0 heterocycles. The van der Waals surface area contributed by atoms with Crippen LogP contribution in [0.1, 0.15) is 20.3 Å². The van der Waals surface area contributed by atoms with Gasteiger partial charge >= 0.3 is 17.1 Å². The molecule has 17 heavy (non-hydrogen) atoms. The van der Waals surface area contributed by atoms with E-state index in [0.29, 0.717) is 12.3 Å². The molecule has 0 aliphatic heterocycles. The molecule has 1 nitrogen and oxygen atoms in total. The predicted octanol–water partition coefficient (Wildman–Crippen LogP) is 3.03. The molecule has 2 fully saturated rings. The fraction of sp³-hybridized carbons (Fsp3) is 0.267. The third-order valence-electron chi connectivity index (χ3n) is 2.41. The van der Waals surface area contributed by atoms with E-state index in [4.69, 9.17) is 0 Å². The van der Waals surface area contributed by atoms with Gasteiger partial charge in [0.05, 0.1) is 0 Å². The average Bonchev–Trinajstić information content (AvgIpc) is 2.94. The zero-order chi connectivity index (χ0) is 11.8. The van der Waals surface area contributed by atoms with Crippen molar-refractivity contribution >= 4 is 5.78 Å². The predicted molar refractivity (Wildman–Crippen MR) is 66.4 cm³/mol. The number of carbonyl (C=O) groups excluding carboxylic acids is 1. The van der Waals surface area contributed by atoms with Crippen LogP contribution < -0.4 is 0 Å². The first-order chi connectivity index (χ1) is 7.70. The molecule has 90 valence electrons. The second-order valence-corrected chi connectivity index (χ2v) is 3.99. The molecule has 2 rings (SSSR count). The van der Waals surface area contributed by atoms with Crippen molar-refractivity contribution in [2.24, 2.45) is 5.92 Å². The standard InChI is InChI=1S/C10H13O.C5H5.Fe/c1-8(7-9(2)11)10-5-3-4-6-10;1-2-4-5-3-1;/h3-6,8H,7H2,1-2H3;1-5H;/q;;+2. The number of Topliss-reactive ketones (excluding diaryl/α,β-unsaturated/α-hetero) is 1. The molecule has 0 aromatic heterocycles. The van der Waals surface area contributed by atoms with Crippen LogP contribution in [0.4, 0.5) is 0 Å². The molecular weight excluding hydrogens is 252 g/mol. The van der Waals surface area contributed by atoms with Gasteiger partial charge in [0.15, 0.2) is 0 Å². The Labute approximate surface area is 118 Å². The minimum absolute atomic E-state index is 0. The SMILES string of the molecule is CC(=O)CC(C)[C]1[CH][CH][CH][CH]1.[CH]1[CH][CH][CH][CH]1.[Fe+2]. The maximum absolute atomic E-state index is 10.7. The third kappa shape index (κ3) is 8.00. The van der Waals surface area contributed by atoms with E-state index in [1.807, 2.05) is 44.9 Å². The molecule has 2 aliphatic rings. The summed E-state index contributed by atoms with van der Waals surface area (Å²) in [4.78, 5) is 10.7. The Balaban J connectivity index is 0.000000360. The van der Waals surface area contributed by atoms with E-state index in [2.05, 4.69) is 19.8 Å². The maximum Gasteiger partial charge on any atom is 2.00 e. The fourth-order valence-electron chi connectivity index (χ4n) is 1.59. The molecule has 2 saturated carbocycles. The molecule has 2 aliphatic carbocycles. The van der Waals surface area contributed by atoms with E-state index in [9.17, 15) is 4.79 Å². The molecule has 10 radical (unpaired) electrons. The van der Waals surface area contributed by atoms with Gasteiger partial charge in [0.1, 0.15) is 5.78 Å². The second-order valence-electron chi connectivity index (χ2n) is 3.99. The van der Waals surface area contributed by atoms with Gasteiger partial charge in [-0.05, 0) is 76.5 Å². The Bertz CT molecular complexity index is 185. The van der Waals surface area contributed by atoms with E-state index >= 15 is 0 Å². The minimum Gasteiger partial charge on any atom is -0.300 e. The van der Waals surface area contributed by atoms with Gasteiger partial charge in [0.25, 0.3) is 0 Å². The Morgan fingerprint density at radius 2 is 1.41 bits per heavy atom. The normalized spacial score (nSPS) is 21.3. The number of hydrogen-bond donors (Lipinski definition) is 0. The Hall–Kier alpha value is 0.189. The van der Waals surface area contributed by atoms with Crippen molar-refractivity contribution in [3.05, 3.63) is 63.7 Å². The molecule has 0 aromatic rings. The van der Waals surface area contributed by atoms with Crippen molar-refractivity contribution in [3.8, 4) is 0 Å². The summed E-state index contributed by atoms with van der Waals surface area (Å²) in [6, 6.07) is 0. The van der Waals surface area contributed by atoms with Gasteiger partial charge in [-0.25, -0.2) is 0 Å². The summed E-state index contributed by atoms with van der Waals surface area (Å²) in [6.07, 6.45) is 18.8. The summed E-state index contributed by atoms with van der Waals surface area (Å²) < 4.78 is 0. The molecular formula is C15H18FeO+2. The van der Waals surface area contributed by atoms with Crippen LogP contribution in [-0.2, 0) is 21.9 Å². The van der Waals surface area contributed by atoms with Crippen LogP contribution in [0, 0.1) is 69.6 Å². The number of carbonyl (C=O) groups is 1. The molecule has 0 N–H and O–H groups in total. The van der Waals surface area contributed by atoms with Gasteiger partial charge in [-0.15, -0.1) is 0 Å². The minimum atomic E-state index is 0. The Morgan fingerprint density at radius 3 is 1.76 bits per heavy atom. The first-order valence-corrected chi connectivity index (χ1v) is 5.58. The van der Waals surface area contributed by atoms with Crippen molar-refractivity contribution in [1.82, 2.24) is 0 Å². The summed E-state index contributed by atoms with van der Waals surface area (Å²) in [5.41, 5.74) is 0. The van der Waals surface area contributed by atoms with Crippen molar-refractivity contribution < 1.29 is 21.9 Å². The van der Waals surface area contributed by atoms with E-state index < -0.39 is 0 Å². The van der Waals surface area contributed by atoms with Gasteiger partial charge < -0.3 is 4.79 Å². The monoisotopic (exact) mass is 270 g/mol. The van der Waals surface area contributed by atoms with Crippen LogP contribution in [0.2, 0.25) is 0 Å². The van der Waals surface area contributed by atoms with Crippen LogP contribution in [0.5, 0.6) is 0 Å². The Morgan fingerprint density at radius 1 is 1.00 bits per heavy atom. The molecule has 1 unspecified atom stereocenters. The van der Waals surface area contributed by atoms with Crippen LogP contribution >= 0.6 is 0 Å².